The molecule has 0 amide bonds. The van der Waals surface area contributed by atoms with E-state index >= 15 is 0 Å². The van der Waals surface area contributed by atoms with E-state index in [-0.39, 0.29) is 0 Å². The van der Waals surface area contributed by atoms with Crippen molar-refractivity contribution >= 4 is 17.7 Å². The van der Waals surface area contributed by atoms with Crippen LogP contribution in [0.5, 0.6) is 0 Å². The van der Waals surface area contributed by atoms with Gasteiger partial charge in [0.1, 0.15) is 0 Å². The summed E-state index contributed by atoms with van der Waals surface area (Å²) in [6.45, 7) is 15.0. The summed E-state index contributed by atoms with van der Waals surface area (Å²) in [4.78, 5) is 7.19. The highest BCUT2D eigenvalue weighted by atomic mass is 32.2. The molecule has 1 saturated heterocycles. The van der Waals surface area contributed by atoms with Crippen LogP contribution in [0.1, 0.15) is 40.5 Å². The molecule has 1 rings (SSSR count). The number of nitrogens with one attached hydrogen (secondary N) is 2. The van der Waals surface area contributed by atoms with Crippen LogP contribution in [0, 0.1) is 0 Å². The second-order valence-electron chi connectivity index (χ2n) is 5.55. The molecule has 0 bridgehead atoms. The number of thioether (sulfide) groups is 1. The Bertz CT molecular complexity index is 284. The van der Waals surface area contributed by atoms with Gasteiger partial charge in [0.2, 0.25) is 0 Å². The molecule has 0 saturated carbocycles. The van der Waals surface area contributed by atoms with Crippen molar-refractivity contribution < 1.29 is 0 Å². The third-order valence-corrected chi connectivity index (χ3v) is 5.35. The zero-order valence-electron chi connectivity index (χ0n) is 13.7. The summed E-state index contributed by atoms with van der Waals surface area (Å²) in [5.74, 6) is 2.26. The van der Waals surface area contributed by atoms with Gasteiger partial charge in [-0.2, -0.15) is 11.8 Å². The van der Waals surface area contributed by atoms with Crippen molar-refractivity contribution in [3.05, 3.63) is 0 Å². The van der Waals surface area contributed by atoms with Crippen molar-refractivity contribution in [1.29, 1.82) is 0 Å². The molecule has 1 fully saturated rings. The topological polar surface area (TPSA) is 39.7 Å². The average Bonchev–Trinajstić information content (AvgIpc) is 2.88. The minimum atomic E-state index is 0.348. The van der Waals surface area contributed by atoms with Crippen LogP contribution in [0.4, 0.5) is 0 Å². The number of aliphatic imine (C=N–C) groups is 1. The van der Waals surface area contributed by atoms with E-state index in [4.69, 9.17) is 4.99 Å². The quantitative estimate of drug-likeness (QED) is 0.532. The Kier molecular flexibility index (Phi) is 8.38. The highest BCUT2D eigenvalue weighted by Gasteiger charge is 2.29. The van der Waals surface area contributed by atoms with Gasteiger partial charge in [0.05, 0.1) is 6.54 Å². The number of hydrogen-bond acceptors (Lipinski definition) is 3. The molecule has 0 aromatic carbocycles. The molecule has 20 heavy (non-hydrogen) atoms. The first-order valence-corrected chi connectivity index (χ1v) is 9.00. The summed E-state index contributed by atoms with van der Waals surface area (Å²) in [6.07, 6.45) is 2.63. The summed E-state index contributed by atoms with van der Waals surface area (Å²) in [5.41, 5.74) is 0. The lowest BCUT2D eigenvalue weighted by Crippen LogP contribution is -2.42. The molecular formula is C15H32N4S. The second-order valence-corrected chi connectivity index (χ2v) is 7.23. The molecule has 1 heterocycles. The van der Waals surface area contributed by atoms with Crippen molar-refractivity contribution in [2.45, 2.75) is 45.3 Å². The highest BCUT2D eigenvalue weighted by Crippen LogP contribution is 2.37. The average molecular weight is 301 g/mol. The van der Waals surface area contributed by atoms with Gasteiger partial charge in [-0.15, -0.1) is 0 Å². The van der Waals surface area contributed by atoms with E-state index < -0.39 is 0 Å². The van der Waals surface area contributed by atoms with E-state index in [1.54, 1.807) is 0 Å². The summed E-state index contributed by atoms with van der Waals surface area (Å²) in [5, 5.41) is 6.79. The summed E-state index contributed by atoms with van der Waals surface area (Å²) >= 11 is 2.07. The zero-order valence-corrected chi connectivity index (χ0v) is 14.5. The van der Waals surface area contributed by atoms with Crippen molar-refractivity contribution in [1.82, 2.24) is 15.5 Å². The number of rotatable bonds is 8. The van der Waals surface area contributed by atoms with Crippen LogP contribution in [0.2, 0.25) is 0 Å². The van der Waals surface area contributed by atoms with Gasteiger partial charge in [-0.1, -0.05) is 13.8 Å². The van der Waals surface area contributed by atoms with Gasteiger partial charge in [0.15, 0.2) is 5.96 Å². The van der Waals surface area contributed by atoms with Gasteiger partial charge in [0, 0.05) is 24.4 Å². The fourth-order valence-electron chi connectivity index (χ4n) is 2.42. The molecule has 0 spiro atoms. The SMILES string of the molecule is CCNC(=NCC1(C)CCCS1)NCCN(CC)CC. The molecule has 5 heteroatoms. The number of nitrogens with zero attached hydrogens (tertiary/aromatic N) is 2. The minimum absolute atomic E-state index is 0.348. The van der Waals surface area contributed by atoms with Crippen LogP contribution >= 0.6 is 11.8 Å². The van der Waals surface area contributed by atoms with Crippen molar-refractivity contribution in [3.8, 4) is 0 Å². The Balaban J connectivity index is 2.38. The van der Waals surface area contributed by atoms with Crippen LogP contribution in [0.3, 0.4) is 0 Å². The lowest BCUT2D eigenvalue weighted by Gasteiger charge is -2.22. The Labute approximate surface area is 129 Å². The van der Waals surface area contributed by atoms with Crippen molar-refractivity contribution in [2.75, 3.05) is 45.0 Å². The lowest BCUT2D eigenvalue weighted by molar-refractivity contribution is 0.308. The van der Waals surface area contributed by atoms with E-state index in [2.05, 4.69) is 55.0 Å². The summed E-state index contributed by atoms with van der Waals surface area (Å²) in [6, 6.07) is 0. The first kappa shape index (κ1) is 17.6. The molecule has 2 N–H and O–H groups in total. The van der Waals surface area contributed by atoms with Crippen molar-refractivity contribution in [3.63, 3.8) is 0 Å². The summed E-state index contributed by atoms with van der Waals surface area (Å²) < 4.78 is 0.348. The predicted molar refractivity (Wildman–Crippen MR) is 91.9 cm³/mol. The molecular weight excluding hydrogens is 268 g/mol. The Morgan fingerprint density at radius 1 is 1.25 bits per heavy atom. The number of hydrogen-bond donors (Lipinski definition) is 2. The van der Waals surface area contributed by atoms with Crippen LogP contribution in [-0.4, -0.2) is 60.6 Å². The van der Waals surface area contributed by atoms with Gasteiger partial charge in [-0.05, 0) is 45.5 Å². The molecule has 0 aromatic heterocycles. The molecule has 4 nitrogen and oxygen atoms in total. The normalized spacial score (nSPS) is 23.4. The molecule has 1 unspecified atom stereocenters. The van der Waals surface area contributed by atoms with Crippen molar-refractivity contribution in [2.24, 2.45) is 4.99 Å². The van der Waals surface area contributed by atoms with Crippen LogP contribution < -0.4 is 10.6 Å². The molecule has 0 aliphatic carbocycles. The van der Waals surface area contributed by atoms with Gasteiger partial charge in [-0.25, -0.2) is 0 Å². The van der Waals surface area contributed by atoms with Gasteiger partial charge in [0.25, 0.3) is 0 Å². The molecule has 1 aliphatic heterocycles. The molecule has 1 aliphatic rings. The Hall–Kier alpha value is -0.420. The monoisotopic (exact) mass is 300 g/mol. The largest absolute Gasteiger partial charge is 0.357 e. The second kappa shape index (κ2) is 9.50. The van der Waals surface area contributed by atoms with Gasteiger partial charge >= 0.3 is 0 Å². The predicted octanol–water partition coefficient (Wildman–Crippen LogP) is 2.17. The Morgan fingerprint density at radius 2 is 2.00 bits per heavy atom. The van der Waals surface area contributed by atoms with E-state index in [1.807, 2.05) is 0 Å². The standard InChI is InChI=1S/C15H32N4S/c1-5-16-14(17-10-11-19(6-2)7-3)18-13-15(4)9-8-12-20-15/h5-13H2,1-4H3,(H2,16,17,18). The molecule has 1 atom stereocenters. The lowest BCUT2D eigenvalue weighted by atomic mass is 10.1. The van der Waals surface area contributed by atoms with Crippen LogP contribution in [-0.2, 0) is 0 Å². The zero-order chi connectivity index (χ0) is 14.8. The third kappa shape index (κ3) is 6.35. The van der Waals surface area contributed by atoms with Gasteiger partial charge in [-0.3, -0.25) is 4.99 Å². The molecule has 0 aromatic rings. The first-order chi connectivity index (χ1) is 9.63. The third-order valence-electron chi connectivity index (χ3n) is 3.83. The first-order valence-electron chi connectivity index (χ1n) is 8.02. The van der Waals surface area contributed by atoms with E-state index in [9.17, 15) is 0 Å². The fourth-order valence-corrected chi connectivity index (χ4v) is 3.65. The maximum absolute atomic E-state index is 4.77. The number of guanidine groups is 1. The highest BCUT2D eigenvalue weighted by molar-refractivity contribution is 8.00. The maximum atomic E-state index is 4.77. The molecule has 0 radical (unpaired) electrons. The minimum Gasteiger partial charge on any atom is -0.357 e. The van der Waals surface area contributed by atoms with Gasteiger partial charge < -0.3 is 15.5 Å². The maximum Gasteiger partial charge on any atom is 0.191 e. The van der Waals surface area contributed by atoms with E-state index in [0.29, 0.717) is 4.75 Å². The fraction of sp³-hybridized carbons (Fsp3) is 0.933. The molecule has 118 valence electrons. The van der Waals surface area contributed by atoms with Crippen LogP contribution in [0.15, 0.2) is 4.99 Å². The van der Waals surface area contributed by atoms with Crippen LogP contribution in [0.25, 0.3) is 0 Å². The summed E-state index contributed by atoms with van der Waals surface area (Å²) in [7, 11) is 0. The Morgan fingerprint density at radius 3 is 2.55 bits per heavy atom. The van der Waals surface area contributed by atoms with E-state index in [1.165, 1.54) is 18.6 Å². The van der Waals surface area contributed by atoms with E-state index in [0.717, 1.165) is 45.2 Å². The number of likely N-dealkylation sites (N-methyl/N-ethyl adjacent to an activating group) is 1. The smallest absolute Gasteiger partial charge is 0.191 e.